The Morgan fingerprint density at radius 3 is 2.53 bits per heavy atom. The second kappa shape index (κ2) is 4.80. The van der Waals surface area contributed by atoms with Gasteiger partial charge in [0.25, 0.3) is 0 Å². The molecule has 0 amide bonds. The second-order valence-corrected chi connectivity index (χ2v) is 5.02. The second-order valence-electron chi connectivity index (χ2n) is 4.10. The van der Waals surface area contributed by atoms with Gasteiger partial charge in [-0.3, -0.25) is 0 Å². The predicted octanol–water partition coefficient (Wildman–Crippen LogP) is 4.39. The van der Waals surface area contributed by atoms with Gasteiger partial charge in [-0.25, -0.2) is 0 Å². The minimum absolute atomic E-state index is 0.736. The van der Waals surface area contributed by atoms with Crippen LogP contribution in [0.2, 0.25) is 0 Å². The first kappa shape index (κ1) is 12.0. The zero-order chi connectivity index (χ0) is 12.4. The van der Waals surface area contributed by atoms with Gasteiger partial charge in [0.1, 0.15) is 0 Å². The Balaban J connectivity index is 2.35. The predicted molar refractivity (Wildman–Crippen MR) is 77.8 cm³/mol. The molecule has 3 N–H and O–H groups in total. The lowest BCUT2D eigenvalue weighted by molar-refractivity contribution is 1.33. The molecule has 2 aromatic carbocycles. The number of anilines is 3. The fourth-order valence-corrected chi connectivity index (χ4v) is 2.06. The first-order valence-electron chi connectivity index (χ1n) is 5.46. The Labute approximate surface area is 110 Å². The van der Waals surface area contributed by atoms with Crippen molar-refractivity contribution in [1.29, 1.82) is 0 Å². The van der Waals surface area contributed by atoms with Crippen LogP contribution >= 0.6 is 15.9 Å². The van der Waals surface area contributed by atoms with E-state index in [1.165, 1.54) is 11.1 Å². The number of benzene rings is 2. The third-order valence-corrected chi connectivity index (χ3v) is 3.38. The number of nitrogens with one attached hydrogen (secondary N) is 1. The molecular formula is C14H15BrN2. The SMILES string of the molecule is Cc1cccc(Nc2ccc(Br)cc2N)c1C. The number of hydrogen-bond donors (Lipinski definition) is 2. The van der Waals surface area contributed by atoms with Gasteiger partial charge in [-0.15, -0.1) is 0 Å². The maximum Gasteiger partial charge on any atom is 0.0618 e. The zero-order valence-electron chi connectivity index (χ0n) is 9.92. The summed E-state index contributed by atoms with van der Waals surface area (Å²) in [7, 11) is 0. The lowest BCUT2D eigenvalue weighted by Gasteiger charge is -2.13. The molecule has 0 aliphatic heterocycles. The molecule has 2 aromatic rings. The van der Waals surface area contributed by atoms with Crippen LogP contribution in [0.15, 0.2) is 40.9 Å². The Morgan fingerprint density at radius 2 is 1.82 bits per heavy atom. The fraction of sp³-hybridized carbons (Fsp3) is 0.143. The van der Waals surface area contributed by atoms with Crippen LogP contribution in [0.4, 0.5) is 17.1 Å². The third-order valence-electron chi connectivity index (χ3n) is 2.89. The van der Waals surface area contributed by atoms with Gasteiger partial charge in [-0.05, 0) is 49.2 Å². The highest BCUT2D eigenvalue weighted by molar-refractivity contribution is 9.10. The number of rotatable bonds is 2. The van der Waals surface area contributed by atoms with Crippen LogP contribution in [0.1, 0.15) is 11.1 Å². The molecule has 0 saturated carbocycles. The van der Waals surface area contributed by atoms with Gasteiger partial charge in [-0.2, -0.15) is 0 Å². The molecule has 2 nitrogen and oxygen atoms in total. The van der Waals surface area contributed by atoms with E-state index in [1.54, 1.807) is 0 Å². The van der Waals surface area contributed by atoms with E-state index < -0.39 is 0 Å². The molecule has 0 atom stereocenters. The summed E-state index contributed by atoms with van der Waals surface area (Å²) in [5.41, 5.74) is 11.2. The molecular weight excluding hydrogens is 276 g/mol. The zero-order valence-corrected chi connectivity index (χ0v) is 11.5. The van der Waals surface area contributed by atoms with Crippen molar-refractivity contribution in [2.24, 2.45) is 0 Å². The van der Waals surface area contributed by atoms with Gasteiger partial charge < -0.3 is 11.1 Å². The van der Waals surface area contributed by atoms with Crippen LogP contribution in [0.3, 0.4) is 0 Å². The maximum absolute atomic E-state index is 5.96. The number of hydrogen-bond acceptors (Lipinski definition) is 2. The molecule has 0 fully saturated rings. The molecule has 0 bridgehead atoms. The molecule has 0 saturated heterocycles. The van der Waals surface area contributed by atoms with Gasteiger partial charge in [0.05, 0.1) is 11.4 Å². The molecule has 0 radical (unpaired) electrons. The monoisotopic (exact) mass is 290 g/mol. The van der Waals surface area contributed by atoms with Crippen molar-refractivity contribution >= 4 is 33.0 Å². The smallest absolute Gasteiger partial charge is 0.0618 e. The molecule has 17 heavy (non-hydrogen) atoms. The van der Waals surface area contributed by atoms with Crippen LogP contribution in [0, 0.1) is 13.8 Å². The summed E-state index contributed by atoms with van der Waals surface area (Å²) in [4.78, 5) is 0. The summed E-state index contributed by atoms with van der Waals surface area (Å²) < 4.78 is 0.988. The number of nitrogen functional groups attached to an aromatic ring is 1. The molecule has 0 heterocycles. The quantitative estimate of drug-likeness (QED) is 0.805. The van der Waals surface area contributed by atoms with Gasteiger partial charge in [0.2, 0.25) is 0 Å². The van der Waals surface area contributed by atoms with E-state index in [0.717, 1.165) is 21.5 Å². The molecule has 0 unspecified atom stereocenters. The van der Waals surface area contributed by atoms with Crippen molar-refractivity contribution in [1.82, 2.24) is 0 Å². The summed E-state index contributed by atoms with van der Waals surface area (Å²) in [6.07, 6.45) is 0. The fourth-order valence-electron chi connectivity index (χ4n) is 1.68. The number of nitrogens with two attached hydrogens (primary N) is 1. The highest BCUT2D eigenvalue weighted by atomic mass is 79.9. The lowest BCUT2D eigenvalue weighted by Crippen LogP contribution is -1.98. The van der Waals surface area contributed by atoms with Crippen LogP contribution in [0.25, 0.3) is 0 Å². The summed E-state index contributed by atoms with van der Waals surface area (Å²) in [5.74, 6) is 0. The largest absolute Gasteiger partial charge is 0.397 e. The normalized spacial score (nSPS) is 10.3. The Kier molecular flexibility index (Phi) is 3.38. The van der Waals surface area contributed by atoms with Crippen molar-refractivity contribution in [2.45, 2.75) is 13.8 Å². The molecule has 0 spiro atoms. The van der Waals surface area contributed by atoms with Gasteiger partial charge in [0, 0.05) is 10.2 Å². The topological polar surface area (TPSA) is 38.0 Å². The molecule has 0 aliphatic rings. The molecule has 0 aliphatic carbocycles. The van der Waals surface area contributed by atoms with E-state index in [4.69, 9.17) is 5.73 Å². The van der Waals surface area contributed by atoms with Crippen LogP contribution < -0.4 is 11.1 Å². The van der Waals surface area contributed by atoms with Crippen molar-refractivity contribution in [3.05, 3.63) is 52.0 Å². The summed E-state index contributed by atoms with van der Waals surface area (Å²) >= 11 is 3.40. The van der Waals surface area contributed by atoms with Crippen molar-refractivity contribution < 1.29 is 0 Å². The number of aryl methyl sites for hydroxylation is 1. The summed E-state index contributed by atoms with van der Waals surface area (Å²) in [6, 6.07) is 12.0. The summed E-state index contributed by atoms with van der Waals surface area (Å²) in [6.45, 7) is 4.21. The van der Waals surface area contributed by atoms with Gasteiger partial charge in [0.15, 0.2) is 0 Å². The standard InChI is InChI=1S/C14H15BrN2/c1-9-4-3-5-13(10(9)2)17-14-7-6-11(15)8-12(14)16/h3-8,17H,16H2,1-2H3. The maximum atomic E-state index is 5.96. The molecule has 2 rings (SSSR count). The van der Waals surface area contributed by atoms with E-state index in [2.05, 4.69) is 47.2 Å². The van der Waals surface area contributed by atoms with Crippen LogP contribution in [-0.4, -0.2) is 0 Å². The molecule has 88 valence electrons. The average Bonchev–Trinajstić information content (AvgIpc) is 2.28. The molecule has 3 heteroatoms. The minimum atomic E-state index is 0.736. The van der Waals surface area contributed by atoms with Crippen LogP contribution in [0.5, 0.6) is 0 Å². The first-order valence-corrected chi connectivity index (χ1v) is 6.25. The van der Waals surface area contributed by atoms with E-state index in [0.29, 0.717) is 0 Å². The van der Waals surface area contributed by atoms with E-state index >= 15 is 0 Å². The highest BCUT2D eigenvalue weighted by Crippen LogP contribution is 2.28. The van der Waals surface area contributed by atoms with E-state index in [-0.39, 0.29) is 0 Å². The van der Waals surface area contributed by atoms with E-state index in [1.807, 2.05) is 24.3 Å². The average molecular weight is 291 g/mol. The van der Waals surface area contributed by atoms with Crippen molar-refractivity contribution in [2.75, 3.05) is 11.1 Å². The van der Waals surface area contributed by atoms with Crippen molar-refractivity contribution in [3.8, 4) is 0 Å². The third kappa shape index (κ3) is 2.61. The first-order chi connectivity index (χ1) is 8.08. The van der Waals surface area contributed by atoms with Crippen molar-refractivity contribution in [3.63, 3.8) is 0 Å². The number of halogens is 1. The highest BCUT2D eigenvalue weighted by Gasteiger charge is 2.03. The summed E-state index contributed by atoms with van der Waals surface area (Å²) in [5, 5.41) is 3.36. The van der Waals surface area contributed by atoms with Gasteiger partial charge >= 0.3 is 0 Å². The van der Waals surface area contributed by atoms with E-state index in [9.17, 15) is 0 Å². The van der Waals surface area contributed by atoms with Crippen LogP contribution in [-0.2, 0) is 0 Å². The van der Waals surface area contributed by atoms with Gasteiger partial charge in [-0.1, -0.05) is 28.1 Å². The lowest BCUT2D eigenvalue weighted by atomic mass is 10.1. The minimum Gasteiger partial charge on any atom is -0.397 e. The Morgan fingerprint density at radius 1 is 1.06 bits per heavy atom. The Bertz CT molecular complexity index is 550. The Hall–Kier alpha value is -1.48. The molecule has 0 aromatic heterocycles.